The minimum atomic E-state index is 0.0285. The molecule has 3 aromatic rings. The summed E-state index contributed by atoms with van der Waals surface area (Å²) in [5.74, 6) is 0. The predicted octanol–water partition coefficient (Wildman–Crippen LogP) is 2.17. The van der Waals surface area contributed by atoms with E-state index in [0.29, 0.717) is 6.54 Å². The molecule has 0 unspecified atom stereocenters. The van der Waals surface area contributed by atoms with Gasteiger partial charge in [0.25, 0.3) is 5.56 Å². The fraction of sp³-hybridized carbons (Fsp3) is 0.368. The maximum absolute atomic E-state index is 12.9. The Kier molecular flexibility index (Phi) is 4.90. The molecular formula is C19H25N5O. The third-order valence-corrected chi connectivity index (χ3v) is 4.52. The van der Waals surface area contributed by atoms with Gasteiger partial charge in [0.2, 0.25) is 0 Å². The van der Waals surface area contributed by atoms with Gasteiger partial charge in [0.05, 0.1) is 24.0 Å². The van der Waals surface area contributed by atoms with Crippen LogP contribution < -0.4 is 10.9 Å². The van der Waals surface area contributed by atoms with E-state index in [9.17, 15) is 4.79 Å². The van der Waals surface area contributed by atoms with Crippen LogP contribution in [0.3, 0.4) is 0 Å². The summed E-state index contributed by atoms with van der Waals surface area (Å²) < 4.78 is 5.55. The summed E-state index contributed by atoms with van der Waals surface area (Å²) in [5, 5.41) is 7.75. The van der Waals surface area contributed by atoms with Crippen molar-refractivity contribution in [2.45, 2.75) is 39.9 Å². The SMILES string of the molecule is Cc1cnn(C[C@@H](C)NCc2c(C)n(C)n(-c3ccccc3)c2=O)c1. The van der Waals surface area contributed by atoms with Gasteiger partial charge in [0.1, 0.15) is 0 Å². The molecule has 0 aliphatic carbocycles. The van der Waals surface area contributed by atoms with Crippen LogP contribution in [0.2, 0.25) is 0 Å². The van der Waals surface area contributed by atoms with E-state index in [4.69, 9.17) is 0 Å². The molecule has 0 fully saturated rings. The number of rotatable bonds is 6. The molecule has 1 N–H and O–H groups in total. The summed E-state index contributed by atoms with van der Waals surface area (Å²) in [7, 11) is 1.92. The minimum Gasteiger partial charge on any atom is -0.308 e. The van der Waals surface area contributed by atoms with Crippen molar-refractivity contribution in [3.8, 4) is 5.69 Å². The molecule has 3 rings (SSSR count). The van der Waals surface area contributed by atoms with Crippen LogP contribution in [0.4, 0.5) is 0 Å². The maximum Gasteiger partial charge on any atom is 0.276 e. The lowest BCUT2D eigenvalue weighted by molar-refractivity contribution is 0.449. The third kappa shape index (κ3) is 3.58. The Hall–Kier alpha value is -2.60. The molecule has 0 aliphatic heterocycles. The van der Waals surface area contributed by atoms with Crippen molar-refractivity contribution in [2.75, 3.05) is 0 Å². The van der Waals surface area contributed by atoms with Gasteiger partial charge in [-0.25, -0.2) is 4.68 Å². The molecule has 0 bridgehead atoms. The van der Waals surface area contributed by atoms with Crippen LogP contribution in [0.1, 0.15) is 23.7 Å². The van der Waals surface area contributed by atoms with Gasteiger partial charge in [-0.05, 0) is 38.5 Å². The zero-order valence-electron chi connectivity index (χ0n) is 15.2. The molecule has 2 heterocycles. The molecule has 132 valence electrons. The number of aryl methyl sites for hydroxylation is 1. The quantitative estimate of drug-likeness (QED) is 0.749. The predicted molar refractivity (Wildman–Crippen MR) is 99.0 cm³/mol. The molecule has 6 heteroatoms. The molecule has 0 amide bonds. The Morgan fingerprint density at radius 1 is 1.20 bits per heavy atom. The molecule has 1 aromatic carbocycles. The van der Waals surface area contributed by atoms with Crippen LogP contribution >= 0.6 is 0 Å². The number of benzene rings is 1. The first-order valence-electron chi connectivity index (χ1n) is 8.52. The molecule has 0 saturated heterocycles. The standard InChI is InChI=1S/C19H25N5O/c1-14-10-21-23(12-14)13-15(2)20-11-18-16(3)22(4)24(19(18)25)17-8-6-5-7-9-17/h5-10,12,15,20H,11,13H2,1-4H3/t15-/m1/s1. The molecule has 2 aromatic heterocycles. The first-order chi connectivity index (χ1) is 12.0. The second-order valence-electron chi connectivity index (χ2n) is 6.56. The highest BCUT2D eigenvalue weighted by Crippen LogP contribution is 2.10. The Bertz CT molecular complexity index is 904. The normalized spacial score (nSPS) is 12.5. The van der Waals surface area contributed by atoms with Crippen molar-refractivity contribution in [2.24, 2.45) is 7.05 Å². The van der Waals surface area contributed by atoms with Gasteiger partial charge in [0, 0.05) is 31.5 Å². The van der Waals surface area contributed by atoms with Crippen LogP contribution in [0.15, 0.2) is 47.5 Å². The Morgan fingerprint density at radius 3 is 2.56 bits per heavy atom. The molecule has 6 nitrogen and oxygen atoms in total. The largest absolute Gasteiger partial charge is 0.308 e. The van der Waals surface area contributed by atoms with Crippen molar-refractivity contribution < 1.29 is 0 Å². The Morgan fingerprint density at radius 2 is 1.92 bits per heavy atom. The fourth-order valence-electron chi connectivity index (χ4n) is 3.02. The summed E-state index contributed by atoms with van der Waals surface area (Å²) in [4.78, 5) is 12.9. The minimum absolute atomic E-state index is 0.0285. The number of nitrogens with one attached hydrogen (secondary N) is 1. The van der Waals surface area contributed by atoms with E-state index in [2.05, 4.69) is 17.3 Å². The van der Waals surface area contributed by atoms with Crippen LogP contribution in [0.5, 0.6) is 0 Å². The molecular weight excluding hydrogens is 314 g/mol. The molecule has 0 spiro atoms. The lowest BCUT2D eigenvalue weighted by Gasteiger charge is -2.13. The van der Waals surface area contributed by atoms with Crippen LogP contribution in [-0.2, 0) is 20.1 Å². The summed E-state index contributed by atoms with van der Waals surface area (Å²) in [5.41, 5.74) is 3.83. The second kappa shape index (κ2) is 7.11. The molecule has 0 radical (unpaired) electrons. The number of hydrogen-bond acceptors (Lipinski definition) is 3. The lowest BCUT2D eigenvalue weighted by Crippen LogP contribution is -2.32. The first-order valence-corrected chi connectivity index (χ1v) is 8.52. The highest BCUT2D eigenvalue weighted by molar-refractivity contribution is 5.33. The van der Waals surface area contributed by atoms with Gasteiger partial charge in [0.15, 0.2) is 0 Å². The maximum atomic E-state index is 12.9. The highest BCUT2D eigenvalue weighted by Gasteiger charge is 2.16. The van der Waals surface area contributed by atoms with Gasteiger partial charge in [-0.3, -0.25) is 14.2 Å². The van der Waals surface area contributed by atoms with Crippen LogP contribution in [-0.4, -0.2) is 25.2 Å². The van der Waals surface area contributed by atoms with Crippen LogP contribution in [0, 0.1) is 13.8 Å². The van der Waals surface area contributed by atoms with E-state index in [1.54, 1.807) is 4.68 Å². The van der Waals surface area contributed by atoms with E-state index in [0.717, 1.165) is 29.1 Å². The van der Waals surface area contributed by atoms with E-state index in [-0.39, 0.29) is 11.6 Å². The summed E-state index contributed by atoms with van der Waals surface area (Å²) in [6.45, 7) is 7.43. The second-order valence-corrected chi connectivity index (χ2v) is 6.56. The van der Waals surface area contributed by atoms with E-state index >= 15 is 0 Å². The Balaban J connectivity index is 1.76. The van der Waals surface area contributed by atoms with E-state index < -0.39 is 0 Å². The van der Waals surface area contributed by atoms with Gasteiger partial charge in [-0.15, -0.1) is 0 Å². The number of para-hydroxylation sites is 1. The summed E-state index contributed by atoms with van der Waals surface area (Å²) in [6, 6.07) is 9.93. The van der Waals surface area contributed by atoms with Gasteiger partial charge < -0.3 is 5.32 Å². The third-order valence-electron chi connectivity index (χ3n) is 4.52. The van der Waals surface area contributed by atoms with E-state index in [1.807, 2.05) is 73.0 Å². The molecule has 0 saturated carbocycles. The number of hydrogen-bond donors (Lipinski definition) is 1. The van der Waals surface area contributed by atoms with Crippen molar-refractivity contribution in [1.82, 2.24) is 24.5 Å². The topological polar surface area (TPSA) is 56.8 Å². The summed E-state index contributed by atoms with van der Waals surface area (Å²) in [6.07, 6.45) is 3.88. The fourth-order valence-corrected chi connectivity index (χ4v) is 3.02. The van der Waals surface area contributed by atoms with Gasteiger partial charge in [-0.2, -0.15) is 5.10 Å². The molecule has 0 aliphatic rings. The zero-order chi connectivity index (χ0) is 18.0. The smallest absolute Gasteiger partial charge is 0.276 e. The first kappa shape index (κ1) is 17.2. The lowest BCUT2D eigenvalue weighted by atomic mass is 10.2. The molecule has 1 atom stereocenters. The average Bonchev–Trinajstić information content (AvgIpc) is 3.08. The zero-order valence-corrected chi connectivity index (χ0v) is 15.2. The number of nitrogens with zero attached hydrogens (tertiary/aromatic N) is 4. The van der Waals surface area contributed by atoms with Crippen molar-refractivity contribution in [1.29, 1.82) is 0 Å². The Labute approximate surface area is 147 Å². The number of aromatic nitrogens is 4. The van der Waals surface area contributed by atoms with Crippen molar-refractivity contribution >= 4 is 0 Å². The van der Waals surface area contributed by atoms with Gasteiger partial charge in [-0.1, -0.05) is 18.2 Å². The van der Waals surface area contributed by atoms with E-state index in [1.165, 1.54) is 0 Å². The van der Waals surface area contributed by atoms with Gasteiger partial charge >= 0.3 is 0 Å². The van der Waals surface area contributed by atoms with Crippen molar-refractivity contribution in [3.63, 3.8) is 0 Å². The highest BCUT2D eigenvalue weighted by atomic mass is 16.1. The summed E-state index contributed by atoms with van der Waals surface area (Å²) >= 11 is 0. The molecule has 25 heavy (non-hydrogen) atoms. The van der Waals surface area contributed by atoms with Crippen molar-refractivity contribution in [3.05, 3.63) is 69.9 Å². The van der Waals surface area contributed by atoms with Crippen LogP contribution in [0.25, 0.3) is 5.69 Å². The monoisotopic (exact) mass is 339 g/mol. The average molecular weight is 339 g/mol.